The highest BCUT2D eigenvalue weighted by molar-refractivity contribution is 8.14. The summed E-state index contributed by atoms with van der Waals surface area (Å²) in [5.74, 6) is 0.692. The van der Waals surface area contributed by atoms with Crippen molar-refractivity contribution in [3.8, 4) is 0 Å². The van der Waals surface area contributed by atoms with Gasteiger partial charge < -0.3 is 5.32 Å². The molecule has 1 aliphatic carbocycles. The summed E-state index contributed by atoms with van der Waals surface area (Å²) >= 11 is 1.13. The Morgan fingerprint density at radius 1 is 1.14 bits per heavy atom. The van der Waals surface area contributed by atoms with Crippen molar-refractivity contribution in [2.45, 2.75) is 57.3 Å². The Morgan fingerprint density at radius 2 is 1.89 bits per heavy atom. The van der Waals surface area contributed by atoms with Crippen LogP contribution in [0.2, 0.25) is 0 Å². The van der Waals surface area contributed by atoms with E-state index < -0.39 is 0 Å². The van der Waals surface area contributed by atoms with Gasteiger partial charge in [-0.15, -0.1) is 0 Å². The molecule has 1 fully saturated rings. The van der Waals surface area contributed by atoms with Gasteiger partial charge in [-0.05, 0) is 67.6 Å². The predicted molar refractivity (Wildman–Crippen MR) is 114 cm³/mol. The molecule has 1 aliphatic rings. The van der Waals surface area contributed by atoms with Crippen LogP contribution in [0.4, 0.5) is 5.69 Å². The molecule has 0 unspecified atom stereocenters. The van der Waals surface area contributed by atoms with E-state index in [1.165, 1.54) is 0 Å². The van der Waals surface area contributed by atoms with Crippen molar-refractivity contribution in [3.05, 3.63) is 54.4 Å². The van der Waals surface area contributed by atoms with Crippen LogP contribution in [0.1, 0.15) is 62.7 Å². The van der Waals surface area contributed by atoms with Gasteiger partial charge in [0.1, 0.15) is 0 Å². The van der Waals surface area contributed by atoms with Crippen LogP contribution < -0.4 is 5.32 Å². The minimum Gasteiger partial charge on any atom is -0.325 e. The third kappa shape index (κ3) is 5.02. The first-order valence-corrected chi connectivity index (χ1v) is 10.8. The quantitative estimate of drug-likeness (QED) is 0.588. The molecular weight excluding hydrogens is 368 g/mol. The van der Waals surface area contributed by atoms with Crippen LogP contribution in [0.5, 0.6) is 0 Å². The number of amides is 1. The van der Waals surface area contributed by atoms with Crippen LogP contribution in [-0.4, -0.2) is 16.0 Å². The molecule has 3 rings (SSSR count). The highest BCUT2D eigenvalue weighted by atomic mass is 32.2. The standard InChI is InChI=1S/C23H28N2O2S/c1-17(2)11-14-23(12-5-6-13-23)22(27)25-19-9-3-4-10-20(19)28-21(26)18-8-7-15-24-16-18/h3-4,7-10,15-17H,5-6,11-14H2,1-2H3,(H,25,27). The summed E-state index contributed by atoms with van der Waals surface area (Å²) in [7, 11) is 0. The molecule has 0 bridgehead atoms. The van der Waals surface area contributed by atoms with E-state index in [-0.39, 0.29) is 16.4 Å². The number of carbonyl (C=O) groups excluding carboxylic acids is 2. The van der Waals surface area contributed by atoms with Crippen LogP contribution >= 0.6 is 11.8 Å². The number of pyridine rings is 1. The summed E-state index contributed by atoms with van der Waals surface area (Å²) in [5.41, 5.74) is 0.999. The number of para-hydroxylation sites is 1. The Balaban J connectivity index is 1.75. The van der Waals surface area contributed by atoms with Gasteiger partial charge in [-0.1, -0.05) is 38.8 Å². The molecule has 0 radical (unpaired) electrons. The number of nitrogens with one attached hydrogen (secondary N) is 1. The summed E-state index contributed by atoms with van der Waals surface area (Å²) in [6.07, 6.45) is 9.33. The fraction of sp³-hybridized carbons (Fsp3) is 0.435. The highest BCUT2D eigenvalue weighted by Gasteiger charge is 2.40. The first kappa shape index (κ1) is 20.6. The number of carbonyl (C=O) groups is 2. The van der Waals surface area contributed by atoms with E-state index in [1.54, 1.807) is 24.5 Å². The minimum absolute atomic E-state index is 0.0785. The monoisotopic (exact) mass is 396 g/mol. The van der Waals surface area contributed by atoms with Crippen LogP contribution in [-0.2, 0) is 4.79 Å². The van der Waals surface area contributed by atoms with Crippen molar-refractivity contribution < 1.29 is 9.59 Å². The maximum absolute atomic E-state index is 13.2. The number of hydrogen-bond acceptors (Lipinski definition) is 4. The van der Waals surface area contributed by atoms with Crippen LogP contribution in [0.15, 0.2) is 53.7 Å². The lowest BCUT2D eigenvalue weighted by Crippen LogP contribution is -2.34. The maximum Gasteiger partial charge on any atom is 0.230 e. The Hall–Kier alpha value is -2.14. The molecule has 1 saturated carbocycles. The van der Waals surface area contributed by atoms with E-state index >= 15 is 0 Å². The minimum atomic E-state index is -0.268. The van der Waals surface area contributed by atoms with Gasteiger partial charge in [-0.2, -0.15) is 0 Å². The van der Waals surface area contributed by atoms with Crippen molar-refractivity contribution in [2.24, 2.45) is 11.3 Å². The van der Waals surface area contributed by atoms with Gasteiger partial charge in [0.25, 0.3) is 0 Å². The zero-order valence-electron chi connectivity index (χ0n) is 16.6. The Kier molecular flexibility index (Phi) is 6.89. The molecule has 1 aromatic heterocycles. The summed E-state index contributed by atoms with van der Waals surface area (Å²) in [6, 6.07) is 11.0. The number of thioether (sulfide) groups is 1. The molecule has 1 aromatic carbocycles. The number of hydrogen-bond donors (Lipinski definition) is 1. The van der Waals surface area contributed by atoms with Crippen molar-refractivity contribution in [1.29, 1.82) is 0 Å². The summed E-state index contributed by atoms with van der Waals surface area (Å²) in [6.45, 7) is 4.41. The molecule has 0 atom stereocenters. The third-order valence-electron chi connectivity index (χ3n) is 5.48. The molecule has 1 N–H and O–H groups in total. The van der Waals surface area contributed by atoms with Gasteiger partial charge in [0.15, 0.2) is 0 Å². The highest BCUT2D eigenvalue weighted by Crippen LogP contribution is 2.44. The second-order valence-corrected chi connectivity index (χ2v) is 9.02. The molecule has 4 nitrogen and oxygen atoms in total. The number of anilines is 1. The normalized spacial score (nSPS) is 15.5. The van der Waals surface area contributed by atoms with E-state index in [4.69, 9.17) is 0 Å². The lowest BCUT2D eigenvalue weighted by atomic mass is 9.79. The Bertz CT molecular complexity index is 814. The van der Waals surface area contributed by atoms with Crippen molar-refractivity contribution in [2.75, 3.05) is 5.32 Å². The predicted octanol–water partition coefficient (Wildman–Crippen LogP) is 5.95. The first-order valence-electron chi connectivity index (χ1n) is 10.0. The van der Waals surface area contributed by atoms with E-state index in [9.17, 15) is 9.59 Å². The number of aromatic nitrogens is 1. The molecule has 0 aliphatic heterocycles. The zero-order valence-corrected chi connectivity index (χ0v) is 17.4. The van der Waals surface area contributed by atoms with E-state index in [1.807, 2.05) is 24.3 Å². The van der Waals surface area contributed by atoms with Gasteiger partial charge >= 0.3 is 0 Å². The second-order valence-electron chi connectivity index (χ2n) is 8.00. The zero-order chi connectivity index (χ0) is 20.0. The molecule has 0 spiro atoms. The molecule has 0 saturated heterocycles. The third-order valence-corrected chi connectivity index (χ3v) is 6.47. The lowest BCUT2D eigenvalue weighted by Gasteiger charge is -2.29. The smallest absolute Gasteiger partial charge is 0.230 e. The Morgan fingerprint density at radius 3 is 2.57 bits per heavy atom. The van der Waals surface area contributed by atoms with Gasteiger partial charge in [-0.25, -0.2) is 0 Å². The van der Waals surface area contributed by atoms with E-state index in [0.717, 1.165) is 55.2 Å². The van der Waals surface area contributed by atoms with Gasteiger partial charge in [0.2, 0.25) is 11.0 Å². The van der Waals surface area contributed by atoms with Gasteiger partial charge in [-0.3, -0.25) is 14.6 Å². The van der Waals surface area contributed by atoms with Crippen molar-refractivity contribution >= 4 is 28.5 Å². The van der Waals surface area contributed by atoms with Crippen LogP contribution in [0.25, 0.3) is 0 Å². The van der Waals surface area contributed by atoms with E-state index in [0.29, 0.717) is 17.2 Å². The topological polar surface area (TPSA) is 59.1 Å². The summed E-state index contributed by atoms with van der Waals surface area (Å²) in [4.78, 5) is 30.6. The lowest BCUT2D eigenvalue weighted by molar-refractivity contribution is -0.125. The number of benzene rings is 1. The molecule has 1 amide bonds. The fourth-order valence-corrected chi connectivity index (χ4v) is 4.58. The van der Waals surface area contributed by atoms with Crippen LogP contribution in [0, 0.1) is 11.3 Å². The molecule has 5 heteroatoms. The average molecular weight is 397 g/mol. The molecule has 2 aromatic rings. The largest absolute Gasteiger partial charge is 0.325 e. The van der Waals surface area contributed by atoms with Gasteiger partial charge in [0, 0.05) is 28.3 Å². The van der Waals surface area contributed by atoms with Gasteiger partial charge in [0.05, 0.1) is 5.69 Å². The van der Waals surface area contributed by atoms with E-state index in [2.05, 4.69) is 24.1 Å². The molecule has 28 heavy (non-hydrogen) atoms. The molecule has 148 valence electrons. The maximum atomic E-state index is 13.2. The first-order chi connectivity index (χ1) is 13.5. The SMILES string of the molecule is CC(C)CCC1(C(=O)Nc2ccccc2SC(=O)c2cccnc2)CCCC1. The summed E-state index contributed by atoms with van der Waals surface area (Å²) < 4.78 is 0. The average Bonchev–Trinajstić information content (AvgIpc) is 3.19. The second kappa shape index (κ2) is 9.37. The van der Waals surface area contributed by atoms with Crippen molar-refractivity contribution in [3.63, 3.8) is 0 Å². The Labute approximate surface area is 171 Å². The van der Waals surface area contributed by atoms with Crippen LogP contribution in [0.3, 0.4) is 0 Å². The fourth-order valence-electron chi connectivity index (χ4n) is 3.76. The summed E-state index contributed by atoms with van der Waals surface area (Å²) in [5, 5.41) is 3.07. The number of rotatable bonds is 7. The number of nitrogens with zero attached hydrogens (tertiary/aromatic N) is 1. The molecule has 1 heterocycles. The molecular formula is C23H28N2O2S. The van der Waals surface area contributed by atoms with Crippen molar-refractivity contribution in [1.82, 2.24) is 4.98 Å².